The summed E-state index contributed by atoms with van der Waals surface area (Å²) in [4.78, 5) is 25.5. The first-order valence-electron chi connectivity index (χ1n) is 30.5. The van der Waals surface area contributed by atoms with Gasteiger partial charge in [0, 0.05) is 19.4 Å². The van der Waals surface area contributed by atoms with Gasteiger partial charge in [-0.1, -0.05) is 254 Å². The number of hydrogen-bond donors (Lipinski definition) is 0. The Morgan fingerprint density at radius 2 is 0.643 bits per heavy atom. The normalized spacial score (nSPS) is 12.7. The minimum absolute atomic E-state index is 0.0669. The molecule has 0 rings (SSSR count). The number of allylic oxidation sites excluding steroid dienone is 12. The lowest BCUT2D eigenvalue weighted by Crippen LogP contribution is -2.30. The summed E-state index contributed by atoms with van der Waals surface area (Å²) < 4.78 is 17.5. The Labute approximate surface area is 436 Å². The summed E-state index contributed by atoms with van der Waals surface area (Å²) in [5.74, 6) is -0.438. The molecule has 0 fully saturated rings. The molecule has 0 heterocycles. The van der Waals surface area contributed by atoms with E-state index in [-0.39, 0.29) is 25.2 Å². The van der Waals surface area contributed by atoms with E-state index in [9.17, 15) is 9.59 Å². The van der Waals surface area contributed by atoms with Gasteiger partial charge in [0.2, 0.25) is 0 Å². The minimum Gasteiger partial charge on any atom is -0.462 e. The maximum atomic E-state index is 12.9. The molecule has 0 amide bonds. The van der Waals surface area contributed by atoms with Crippen molar-refractivity contribution in [2.75, 3.05) is 19.8 Å². The van der Waals surface area contributed by atoms with Crippen LogP contribution in [-0.2, 0) is 23.8 Å². The summed E-state index contributed by atoms with van der Waals surface area (Å²) in [7, 11) is 0. The van der Waals surface area contributed by atoms with E-state index in [1.807, 2.05) is 0 Å². The molecule has 0 aliphatic carbocycles. The molecule has 0 aromatic carbocycles. The second-order valence-corrected chi connectivity index (χ2v) is 20.2. The van der Waals surface area contributed by atoms with Crippen molar-refractivity contribution in [3.05, 3.63) is 72.9 Å². The first-order valence-corrected chi connectivity index (χ1v) is 30.5. The molecule has 0 radical (unpaired) electrons. The predicted molar refractivity (Wildman–Crippen MR) is 307 cm³/mol. The van der Waals surface area contributed by atoms with E-state index in [4.69, 9.17) is 14.2 Å². The quantitative estimate of drug-likeness (QED) is 0.0345. The van der Waals surface area contributed by atoms with Gasteiger partial charge in [-0.3, -0.25) is 9.59 Å². The van der Waals surface area contributed by atoms with Crippen LogP contribution < -0.4 is 0 Å². The molecule has 0 saturated carbocycles. The van der Waals surface area contributed by atoms with E-state index >= 15 is 0 Å². The second kappa shape index (κ2) is 60.6. The van der Waals surface area contributed by atoms with Gasteiger partial charge in [0.25, 0.3) is 0 Å². The topological polar surface area (TPSA) is 61.8 Å². The summed E-state index contributed by atoms with van der Waals surface area (Å²) in [5.41, 5.74) is 0. The number of rotatable bonds is 56. The third kappa shape index (κ3) is 57.9. The first-order chi connectivity index (χ1) is 34.6. The average Bonchev–Trinajstić information content (AvgIpc) is 3.36. The Bertz CT molecular complexity index is 1240. The van der Waals surface area contributed by atoms with E-state index in [1.165, 1.54) is 199 Å². The molecule has 0 aromatic heterocycles. The number of ether oxygens (including phenoxy) is 3. The summed E-state index contributed by atoms with van der Waals surface area (Å²) in [6.45, 7) is 7.70. The van der Waals surface area contributed by atoms with Crippen molar-refractivity contribution in [2.45, 2.75) is 309 Å². The number of carbonyl (C=O) groups excluding carboxylic acids is 2. The molecule has 406 valence electrons. The fourth-order valence-electron chi connectivity index (χ4n) is 8.67. The standard InChI is InChI=1S/C65H116O5/c1-4-7-10-13-16-19-22-25-28-30-32-34-36-39-42-45-48-51-54-57-60-68-61-63(70-65(67)59-56-53-50-47-44-41-37-27-24-21-18-15-12-9-6-3)62-69-64(66)58-55-52-49-46-43-40-38-35-33-31-29-26-23-20-17-14-11-8-5-2/h9,12,18,21,25-29,37,44,47,63H,4-8,10-11,13-17,19-20,22-24,30-36,38-43,45-46,48-62H2,1-3H3/b12-9-,21-18-,28-25-,29-26-,37-27-,47-44-. The van der Waals surface area contributed by atoms with Crippen molar-refractivity contribution in [2.24, 2.45) is 0 Å². The highest BCUT2D eigenvalue weighted by Gasteiger charge is 2.17. The van der Waals surface area contributed by atoms with Crippen molar-refractivity contribution in [1.82, 2.24) is 0 Å². The summed E-state index contributed by atoms with van der Waals surface area (Å²) in [6.07, 6.45) is 79.4. The average molecular weight is 978 g/mol. The van der Waals surface area contributed by atoms with Crippen LogP contribution in [0.2, 0.25) is 0 Å². The maximum absolute atomic E-state index is 12.9. The van der Waals surface area contributed by atoms with E-state index in [0.717, 1.165) is 70.6 Å². The monoisotopic (exact) mass is 977 g/mol. The third-order valence-electron chi connectivity index (χ3n) is 13.2. The largest absolute Gasteiger partial charge is 0.462 e. The Kier molecular flexibility index (Phi) is 58.3. The Balaban J connectivity index is 4.29. The van der Waals surface area contributed by atoms with Crippen LogP contribution >= 0.6 is 0 Å². The highest BCUT2D eigenvalue weighted by Crippen LogP contribution is 2.15. The SMILES string of the molecule is CC/C=C\C/C=C\C/C=C\C/C=C\CCCCC(=O)OC(COCCCCCCCCCCCC/C=C\CCCCCCCC)COC(=O)CCCCCCCCCCC/C=C\CCCCCCCC. The predicted octanol–water partition coefficient (Wildman–Crippen LogP) is 21.0. The van der Waals surface area contributed by atoms with Gasteiger partial charge < -0.3 is 14.2 Å². The Hall–Kier alpha value is -2.66. The van der Waals surface area contributed by atoms with Crippen molar-refractivity contribution in [1.29, 1.82) is 0 Å². The number of hydrogen-bond acceptors (Lipinski definition) is 5. The van der Waals surface area contributed by atoms with Crippen LogP contribution in [0, 0.1) is 0 Å². The zero-order chi connectivity index (χ0) is 50.6. The molecule has 0 aromatic rings. The Morgan fingerprint density at radius 1 is 0.329 bits per heavy atom. The van der Waals surface area contributed by atoms with Gasteiger partial charge >= 0.3 is 11.9 Å². The molecular weight excluding hydrogens is 861 g/mol. The van der Waals surface area contributed by atoms with Crippen LogP contribution in [0.1, 0.15) is 303 Å². The van der Waals surface area contributed by atoms with Gasteiger partial charge in [0.1, 0.15) is 6.61 Å². The molecule has 70 heavy (non-hydrogen) atoms. The van der Waals surface area contributed by atoms with Crippen LogP contribution in [-0.4, -0.2) is 37.9 Å². The van der Waals surface area contributed by atoms with E-state index in [2.05, 4.69) is 93.7 Å². The fraction of sp³-hybridized carbons (Fsp3) is 0.785. The number of carbonyl (C=O) groups is 2. The second-order valence-electron chi connectivity index (χ2n) is 20.2. The van der Waals surface area contributed by atoms with Crippen molar-refractivity contribution in [3.8, 4) is 0 Å². The van der Waals surface area contributed by atoms with Crippen LogP contribution in [0.15, 0.2) is 72.9 Å². The van der Waals surface area contributed by atoms with Gasteiger partial charge in [-0.05, 0) is 109 Å². The van der Waals surface area contributed by atoms with Crippen LogP contribution in [0.5, 0.6) is 0 Å². The Morgan fingerprint density at radius 3 is 1.07 bits per heavy atom. The molecular formula is C65H116O5. The maximum Gasteiger partial charge on any atom is 0.306 e. The molecule has 0 aliphatic heterocycles. The van der Waals surface area contributed by atoms with E-state index in [0.29, 0.717) is 19.4 Å². The smallest absolute Gasteiger partial charge is 0.306 e. The van der Waals surface area contributed by atoms with E-state index in [1.54, 1.807) is 0 Å². The molecule has 1 atom stereocenters. The lowest BCUT2D eigenvalue weighted by molar-refractivity contribution is -0.163. The van der Waals surface area contributed by atoms with Gasteiger partial charge in [-0.25, -0.2) is 0 Å². The highest BCUT2D eigenvalue weighted by molar-refractivity contribution is 5.70. The molecule has 0 bridgehead atoms. The third-order valence-corrected chi connectivity index (χ3v) is 13.2. The van der Waals surface area contributed by atoms with Crippen molar-refractivity contribution < 1.29 is 23.8 Å². The number of esters is 2. The fourth-order valence-corrected chi connectivity index (χ4v) is 8.67. The summed E-state index contributed by atoms with van der Waals surface area (Å²) in [6, 6.07) is 0. The molecule has 0 spiro atoms. The zero-order valence-electron chi connectivity index (χ0n) is 46.8. The first kappa shape index (κ1) is 67.3. The highest BCUT2D eigenvalue weighted by atomic mass is 16.6. The van der Waals surface area contributed by atoms with Crippen molar-refractivity contribution in [3.63, 3.8) is 0 Å². The van der Waals surface area contributed by atoms with Gasteiger partial charge in [0.05, 0.1) is 6.61 Å². The van der Waals surface area contributed by atoms with Crippen LogP contribution in [0.4, 0.5) is 0 Å². The van der Waals surface area contributed by atoms with Gasteiger partial charge in [-0.2, -0.15) is 0 Å². The molecule has 1 unspecified atom stereocenters. The molecule has 0 saturated heterocycles. The molecule has 0 N–H and O–H groups in total. The van der Waals surface area contributed by atoms with Crippen LogP contribution in [0.3, 0.4) is 0 Å². The summed E-state index contributed by atoms with van der Waals surface area (Å²) >= 11 is 0. The van der Waals surface area contributed by atoms with Gasteiger partial charge in [-0.15, -0.1) is 0 Å². The molecule has 0 aliphatic rings. The molecule has 5 heteroatoms. The van der Waals surface area contributed by atoms with Crippen LogP contribution in [0.25, 0.3) is 0 Å². The van der Waals surface area contributed by atoms with E-state index < -0.39 is 6.10 Å². The lowest BCUT2D eigenvalue weighted by Gasteiger charge is -2.18. The van der Waals surface area contributed by atoms with Crippen molar-refractivity contribution >= 4 is 11.9 Å². The summed E-state index contributed by atoms with van der Waals surface area (Å²) in [5, 5.41) is 0. The lowest BCUT2D eigenvalue weighted by atomic mass is 10.1. The minimum atomic E-state index is -0.562. The van der Waals surface area contributed by atoms with Gasteiger partial charge in [0.15, 0.2) is 6.10 Å². The molecule has 5 nitrogen and oxygen atoms in total. The number of unbranched alkanes of at least 4 members (excludes halogenated alkanes) is 33. The zero-order valence-corrected chi connectivity index (χ0v) is 46.8.